The van der Waals surface area contributed by atoms with Crippen LogP contribution in [0.1, 0.15) is 46.6 Å². The van der Waals surface area contributed by atoms with Crippen molar-refractivity contribution in [2.24, 2.45) is 0 Å². The van der Waals surface area contributed by atoms with Gasteiger partial charge in [-0.25, -0.2) is 4.79 Å². The summed E-state index contributed by atoms with van der Waals surface area (Å²) >= 11 is 3.44. The van der Waals surface area contributed by atoms with Crippen LogP contribution < -0.4 is 10.2 Å². The van der Waals surface area contributed by atoms with Gasteiger partial charge in [0.1, 0.15) is 11.3 Å². The topological polar surface area (TPSA) is 100 Å². The summed E-state index contributed by atoms with van der Waals surface area (Å²) in [4.78, 5) is 17.8. The van der Waals surface area contributed by atoms with Gasteiger partial charge in [0.25, 0.3) is 0 Å². The molecule has 0 radical (unpaired) electrons. The van der Waals surface area contributed by atoms with Crippen molar-refractivity contribution >= 4 is 27.9 Å². The van der Waals surface area contributed by atoms with Gasteiger partial charge in [-0.3, -0.25) is 4.98 Å². The van der Waals surface area contributed by atoms with Crippen molar-refractivity contribution in [2.75, 3.05) is 18.0 Å². The smallest absolute Gasteiger partial charge is 0.450 e. The lowest BCUT2D eigenvalue weighted by Gasteiger charge is -2.26. The molecule has 1 fully saturated rings. The molecule has 3 rings (SSSR count). The Labute approximate surface area is 191 Å². The van der Waals surface area contributed by atoms with Crippen LogP contribution in [0.25, 0.3) is 11.4 Å². The van der Waals surface area contributed by atoms with Crippen LogP contribution in [0, 0.1) is 0 Å². The highest BCUT2D eigenvalue weighted by Crippen LogP contribution is 2.28. The van der Waals surface area contributed by atoms with Crippen molar-refractivity contribution in [2.45, 2.75) is 64.6 Å². The number of ether oxygens (including phenoxy) is 1. The summed E-state index contributed by atoms with van der Waals surface area (Å²) in [6.07, 6.45) is 1.82. The number of halogens is 1. The molecular weight excluding hydrogens is 462 g/mol. The van der Waals surface area contributed by atoms with Crippen molar-refractivity contribution in [1.82, 2.24) is 20.5 Å². The highest BCUT2D eigenvalue weighted by molar-refractivity contribution is 9.10. The fraction of sp³-hybridized carbons (Fsp3) is 0.545. The first-order chi connectivity index (χ1) is 14.4. The Morgan fingerprint density at radius 2 is 2.03 bits per heavy atom. The van der Waals surface area contributed by atoms with Crippen LogP contribution in [0.5, 0.6) is 0 Å². The number of nitrogens with zero attached hydrogens (tertiary/aromatic N) is 4. The molecule has 1 aliphatic rings. The van der Waals surface area contributed by atoms with E-state index < -0.39 is 11.8 Å². The van der Waals surface area contributed by atoms with E-state index in [1.165, 1.54) is 0 Å². The molecule has 31 heavy (non-hydrogen) atoms. The lowest BCUT2D eigenvalue weighted by atomic mass is 9.96. The second-order valence-electron chi connectivity index (χ2n) is 9.57. The average Bonchev–Trinajstić information content (AvgIpc) is 3.07. The summed E-state index contributed by atoms with van der Waals surface area (Å²) in [5.74, 6) is 0.843. The number of rotatable bonds is 6. The number of hydrogen-bond acceptors (Lipinski definition) is 7. The van der Waals surface area contributed by atoms with E-state index in [0.717, 1.165) is 35.4 Å². The molecule has 1 saturated heterocycles. The predicted molar refractivity (Wildman–Crippen MR) is 123 cm³/mol. The summed E-state index contributed by atoms with van der Waals surface area (Å²) in [6, 6.07) is 6.22. The number of aromatic nitrogens is 3. The Bertz CT molecular complexity index is 928. The SMILES string of the molecule is CC(C)(C)N[C@@H]1CCN(c2ccc(-c3ncc(Br)cc3CC(C)(C)OC(=O)O)nn2)C1. The molecule has 8 nitrogen and oxygen atoms in total. The van der Waals surface area contributed by atoms with E-state index in [9.17, 15) is 4.79 Å². The van der Waals surface area contributed by atoms with Gasteiger partial charge in [0.05, 0.1) is 5.69 Å². The van der Waals surface area contributed by atoms with E-state index in [1.54, 1.807) is 20.0 Å². The Morgan fingerprint density at radius 1 is 1.29 bits per heavy atom. The molecule has 0 amide bonds. The zero-order valence-electron chi connectivity index (χ0n) is 18.6. The monoisotopic (exact) mass is 491 g/mol. The van der Waals surface area contributed by atoms with E-state index in [1.807, 2.05) is 18.2 Å². The number of carbonyl (C=O) groups is 1. The Hall–Kier alpha value is -2.26. The van der Waals surface area contributed by atoms with Gasteiger partial charge in [0.15, 0.2) is 5.82 Å². The molecule has 2 aromatic rings. The number of carboxylic acid groups (broad SMARTS) is 1. The van der Waals surface area contributed by atoms with Crippen LogP contribution in [-0.2, 0) is 11.2 Å². The first-order valence-corrected chi connectivity index (χ1v) is 11.1. The minimum Gasteiger partial charge on any atom is -0.450 e. The van der Waals surface area contributed by atoms with Gasteiger partial charge >= 0.3 is 6.16 Å². The third-order valence-corrected chi connectivity index (χ3v) is 5.39. The molecule has 2 N–H and O–H groups in total. The van der Waals surface area contributed by atoms with Crippen LogP contribution in [0.3, 0.4) is 0 Å². The van der Waals surface area contributed by atoms with Crippen LogP contribution in [0.15, 0.2) is 28.9 Å². The number of anilines is 1. The molecule has 0 saturated carbocycles. The molecule has 1 atom stereocenters. The van der Waals surface area contributed by atoms with Gasteiger partial charge in [0.2, 0.25) is 0 Å². The maximum atomic E-state index is 11.0. The highest BCUT2D eigenvalue weighted by Gasteiger charge is 2.28. The maximum absolute atomic E-state index is 11.0. The first kappa shape index (κ1) is 23.4. The molecule has 0 aliphatic carbocycles. The first-order valence-electron chi connectivity index (χ1n) is 10.3. The number of pyridine rings is 1. The van der Waals surface area contributed by atoms with Gasteiger partial charge < -0.3 is 20.1 Å². The molecule has 9 heteroatoms. The molecule has 168 valence electrons. The zero-order chi connectivity index (χ0) is 22.8. The summed E-state index contributed by atoms with van der Waals surface area (Å²) in [7, 11) is 0. The maximum Gasteiger partial charge on any atom is 0.506 e. The lowest BCUT2D eigenvalue weighted by Crippen LogP contribution is -2.45. The van der Waals surface area contributed by atoms with Crippen LogP contribution in [-0.4, -0.2) is 56.7 Å². The molecule has 2 aromatic heterocycles. The van der Waals surface area contributed by atoms with E-state index in [4.69, 9.17) is 9.84 Å². The van der Waals surface area contributed by atoms with E-state index in [2.05, 4.69) is 62.1 Å². The second kappa shape index (κ2) is 9.08. The quantitative estimate of drug-likeness (QED) is 0.577. The Balaban J connectivity index is 1.78. The summed E-state index contributed by atoms with van der Waals surface area (Å²) < 4.78 is 5.83. The molecule has 0 aromatic carbocycles. The molecule has 0 bridgehead atoms. The number of nitrogens with one attached hydrogen (secondary N) is 1. The van der Waals surface area contributed by atoms with Gasteiger partial charge in [-0.2, -0.15) is 0 Å². The Kier molecular flexibility index (Phi) is 6.85. The minimum absolute atomic E-state index is 0.0813. The Morgan fingerprint density at radius 3 is 2.65 bits per heavy atom. The van der Waals surface area contributed by atoms with Crippen LogP contribution in [0.2, 0.25) is 0 Å². The predicted octanol–water partition coefficient (Wildman–Crippen LogP) is 4.28. The zero-order valence-corrected chi connectivity index (χ0v) is 20.2. The lowest BCUT2D eigenvalue weighted by molar-refractivity contribution is 0.00428. The van der Waals surface area contributed by atoms with Crippen molar-refractivity contribution in [3.63, 3.8) is 0 Å². The minimum atomic E-state index is -1.30. The van der Waals surface area contributed by atoms with Gasteiger partial charge in [-0.15, -0.1) is 10.2 Å². The van der Waals surface area contributed by atoms with E-state index in [-0.39, 0.29) is 5.54 Å². The van der Waals surface area contributed by atoms with Crippen molar-refractivity contribution in [3.8, 4) is 11.4 Å². The fourth-order valence-electron chi connectivity index (χ4n) is 3.90. The fourth-order valence-corrected chi connectivity index (χ4v) is 4.28. The molecule has 0 spiro atoms. The summed E-state index contributed by atoms with van der Waals surface area (Å²) in [5.41, 5.74) is 1.32. The van der Waals surface area contributed by atoms with Crippen molar-refractivity contribution in [1.29, 1.82) is 0 Å². The van der Waals surface area contributed by atoms with Crippen molar-refractivity contribution in [3.05, 3.63) is 34.4 Å². The molecular formula is C22H30BrN5O3. The van der Waals surface area contributed by atoms with E-state index >= 15 is 0 Å². The largest absolute Gasteiger partial charge is 0.506 e. The van der Waals surface area contributed by atoms with Gasteiger partial charge in [-0.05, 0) is 80.7 Å². The van der Waals surface area contributed by atoms with Crippen LogP contribution >= 0.6 is 15.9 Å². The molecule has 0 unspecified atom stereocenters. The van der Waals surface area contributed by atoms with Crippen molar-refractivity contribution < 1.29 is 14.6 Å². The second-order valence-corrected chi connectivity index (χ2v) is 10.5. The van der Waals surface area contributed by atoms with Crippen LogP contribution in [0.4, 0.5) is 10.6 Å². The van der Waals surface area contributed by atoms with E-state index in [0.29, 0.717) is 23.9 Å². The average molecular weight is 492 g/mol. The summed E-state index contributed by atoms with van der Waals surface area (Å²) in [6.45, 7) is 11.8. The highest BCUT2D eigenvalue weighted by atomic mass is 79.9. The third-order valence-electron chi connectivity index (χ3n) is 4.96. The van der Waals surface area contributed by atoms with Gasteiger partial charge in [0, 0.05) is 41.8 Å². The normalized spacial score (nSPS) is 17.1. The number of hydrogen-bond donors (Lipinski definition) is 2. The third kappa shape index (κ3) is 6.61. The standard InChI is InChI=1S/C22H30BrN5O3/c1-21(2,3)25-16-8-9-28(13-16)18-7-6-17(26-27-18)19-14(10-15(23)12-24-19)11-22(4,5)31-20(29)30/h6-7,10,12,16,25H,8-9,11,13H2,1-5H3,(H,29,30)/t16-/m1/s1. The summed E-state index contributed by atoms with van der Waals surface area (Å²) in [5, 5.41) is 21.5. The molecule has 1 aliphatic heterocycles. The van der Waals surface area contributed by atoms with Gasteiger partial charge in [-0.1, -0.05) is 0 Å². The molecule has 3 heterocycles.